The molecule has 1 atom stereocenters. The molecule has 3 heteroatoms. The molecule has 0 aromatic heterocycles. The Labute approximate surface area is 124 Å². The number of likely N-dealkylation sites (N-methyl/N-ethyl adjacent to an activating group) is 1. The van der Waals surface area contributed by atoms with Crippen molar-refractivity contribution in [2.45, 2.75) is 39.7 Å². The summed E-state index contributed by atoms with van der Waals surface area (Å²) >= 11 is 3.63. The van der Waals surface area contributed by atoms with Crippen LogP contribution in [0.3, 0.4) is 0 Å². The van der Waals surface area contributed by atoms with Crippen molar-refractivity contribution in [1.82, 2.24) is 5.32 Å². The number of aryl methyl sites for hydroxylation is 2. The largest absolute Gasteiger partial charge is 0.496 e. The first-order valence-corrected chi connectivity index (χ1v) is 7.75. The normalized spacial score (nSPS) is 16.7. The summed E-state index contributed by atoms with van der Waals surface area (Å²) in [5.74, 6) is 1.08. The SMILES string of the molecule is CCNC(C1=CCCCO1)c1cc(C)c(Br)c(C)c1. The Morgan fingerprint density at radius 2 is 2.00 bits per heavy atom. The summed E-state index contributed by atoms with van der Waals surface area (Å²) in [4.78, 5) is 0. The van der Waals surface area contributed by atoms with Gasteiger partial charge in [-0.3, -0.25) is 0 Å². The van der Waals surface area contributed by atoms with Crippen LogP contribution < -0.4 is 5.32 Å². The van der Waals surface area contributed by atoms with Crippen LogP contribution in [0.15, 0.2) is 28.4 Å². The highest BCUT2D eigenvalue weighted by molar-refractivity contribution is 9.10. The van der Waals surface area contributed by atoms with Gasteiger partial charge in [0.15, 0.2) is 0 Å². The number of ether oxygens (including phenoxy) is 1. The van der Waals surface area contributed by atoms with E-state index in [1.807, 2.05) is 0 Å². The quantitative estimate of drug-likeness (QED) is 0.886. The lowest BCUT2D eigenvalue weighted by atomic mass is 9.98. The Bertz CT molecular complexity index is 459. The highest BCUT2D eigenvalue weighted by atomic mass is 79.9. The molecule has 1 aromatic carbocycles. The Balaban J connectivity index is 2.35. The van der Waals surface area contributed by atoms with Crippen molar-refractivity contribution >= 4 is 15.9 Å². The lowest BCUT2D eigenvalue weighted by Crippen LogP contribution is -2.25. The monoisotopic (exact) mass is 323 g/mol. The van der Waals surface area contributed by atoms with Crippen molar-refractivity contribution in [3.8, 4) is 0 Å². The summed E-state index contributed by atoms with van der Waals surface area (Å²) in [6.45, 7) is 8.18. The van der Waals surface area contributed by atoms with Crippen molar-refractivity contribution < 1.29 is 4.74 Å². The van der Waals surface area contributed by atoms with E-state index in [4.69, 9.17) is 4.74 Å². The van der Waals surface area contributed by atoms with Crippen LogP contribution in [0.25, 0.3) is 0 Å². The maximum atomic E-state index is 5.84. The van der Waals surface area contributed by atoms with Gasteiger partial charge in [0.25, 0.3) is 0 Å². The molecule has 0 amide bonds. The molecule has 1 heterocycles. The van der Waals surface area contributed by atoms with Gasteiger partial charge in [-0.25, -0.2) is 0 Å². The second-order valence-corrected chi connectivity index (χ2v) is 5.85. The zero-order valence-electron chi connectivity index (χ0n) is 11.9. The second-order valence-electron chi connectivity index (χ2n) is 5.06. The Kier molecular flexibility index (Phi) is 5.06. The van der Waals surface area contributed by atoms with Gasteiger partial charge in [-0.15, -0.1) is 0 Å². The average molecular weight is 324 g/mol. The molecule has 1 unspecified atom stereocenters. The molecule has 0 saturated carbocycles. The summed E-state index contributed by atoms with van der Waals surface area (Å²) < 4.78 is 7.04. The van der Waals surface area contributed by atoms with E-state index in [0.29, 0.717) is 0 Å². The smallest absolute Gasteiger partial charge is 0.113 e. The number of benzene rings is 1. The summed E-state index contributed by atoms with van der Waals surface area (Å²) in [6, 6.07) is 4.66. The first-order valence-electron chi connectivity index (χ1n) is 6.96. The maximum absolute atomic E-state index is 5.84. The number of rotatable bonds is 4. The molecule has 0 spiro atoms. The van der Waals surface area contributed by atoms with E-state index in [1.54, 1.807) is 0 Å². The Hall–Kier alpha value is -0.800. The topological polar surface area (TPSA) is 21.3 Å². The summed E-state index contributed by atoms with van der Waals surface area (Å²) in [7, 11) is 0. The molecule has 2 nitrogen and oxygen atoms in total. The van der Waals surface area contributed by atoms with Crippen LogP contribution in [0.5, 0.6) is 0 Å². The average Bonchev–Trinajstić information content (AvgIpc) is 2.42. The molecular formula is C16H22BrNO. The first kappa shape index (κ1) is 14.6. The van der Waals surface area contributed by atoms with Crippen LogP contribution in [0.4, 0.5) is 0 Å². The molecule has 0 saturated heterocycles. The Morgan fingerprint density at radius 3 is 2.53 bits per heavy atom. The molecule has 19 heavy (non-hydrogen) atoms. The summed E-state index contributed by atoms with van der Waals surface area (Å²) in [5.41, 5.74) is 3.83. The standard InChI is InChI=1S/C16H22BrNO/c1-4-18-16(14-7-5-6-8-19-14)13-9-11(2)15(17)12(3)10-13/h7,9-10,16,18H,4-6,8H2,1-3H3. The van der Waals surface area contributed by atoms with E-state index in [2.05, 4.69) is 60.2 Å². The highest BCUT2D eigenvalue weighted by Gasteiger charge is 2.20. The first-order chi connectivity index (χ1) is 9.13. The molecule has 0 fully saturated rings. The molecule has 2 rings (SSSR count). The van der Waals surface area contributed by atoms with Crippen LogP contribution in [-0.4, -0.2) is 13.2 Å². The fraction of sp³-hybridized carbons (Fsp3) is 0.500. The van der Waals surface area contributed by atoms with Crippen LogP contribution in [-0.2, 0) is 4.74 Å². The number of hydrogen-bond acceptors (Lipinski definition) is 2. The lowest BCUT2D eigenvalue weighted by molar-refractivity contribution is 0.168. The highest BCUT2D eigenvalue weighted by Crippen LogP contribution is 2.30. The lowest BCUT2D eigenvalue weighted by Gasteiger charge is -2.25. The zero-order chi connectivity index (χ0) is 13.8. The van der Waals surface area contributed by atoms with Crippen LogP contribution in [0.2, 0.25) is 0 Å². The third kappa shape index (κ3) is 3.40. The number of hydrogen-bond donors (Lipinski definition) is 1. The summed E-state index contributed by atoms with van der Waals surface area (Å²) in [6.07, 6.45) is 4.47. The number of allylic oxidation sites excluding steroid dienone is 1. The van der Waals surface area contributed by atoms with Gasteiger partial charge in [0.05, 0.1) is 12.6 Å². The molecular weight excluding hydrogens is 302 g/mol. The van der Waals surface area contributed by atoms with Crippen molar-refractivity contribution in [2.24, 2.45) is 0 Å². The maximum Gasteiger partial charge on any atom is 0.113 e. The van der Waals surface area contributed by atoms with Crippen molar-refractivity contribution in [3.05, 3.63) is 45.1 Å². The minimum absolute atomic E-state index is 0.177. The fourth-order valence-electron chi connectivity index (χ4n) is 2.51. The minimum Gasteiger partial charge on any atom is -0.496 e. The predicted molar refractivity (Wildman–Crippen MR) is 83.3 cm³/mol. The van der Waals surface area contributed by atoms with Gasteiger partial charge >= 0.3 is 0 Å². The van der Waals surface area contributed by atoms with E-state index in [0.717, 1.165) is 31.8 Å². The van der Waals surface area contributed by atoms with Crippen LogP contribution in [0, 0.1) is 13.8 Å². The minimum atomic E-state index is 0.177. The fourth-order valence-corrected chi connectivity index (χ4v) is 2.74. The van der Waals surface area contributed by atoms with Crippen molar-refractivity contribution in [3.63, 3.8) is 0 Å². The van der Waals surface area contributed by atoms with E-state index in [-0.39, 0.29) is 6.04 Å². The second kappa shape index (κ2) is 6.58. The van der Waals surface area contributed by atoms with Crippen LogP contribution in [0.1, 0.15) is 42.5 Å². The third-order valence-electron chi connectivity index (χ3n) is 3.45. The van der Waals surface area contributed by atoms with Crippen molar-refractivity contribution in [1.29, 1.82) is 0 Å². The molecule has 1 aromatic rings. The Morgan fingerprint density at radius 1 is 1.32 bits per heavy atom. The zero-order valence-corrected chi connectivity index (χ0v) is 13.5. The third-order valence-corrected chi connectivity index (χ3v) is 4.70. The number of nitrogens with one attached hydrogen (secondary N) is 1. The van der Waals surface area contributed by atoms with E-state index < -0.39 is 0 Å². The van der Waals surface area contributed by atoms with Crippen LogP contribution >= 0.6 is 15.9 Å². The molecule has 0 aliphatic carbocycles. The van der Waals surface area contributed by atoms with E-state index >= 15 is 0 Å². The van der Waals surface area contributed by atoms with Gasteiger partial charge in [0, 0.05) is 4.47 Å². The number of halogens is 1. The molecule has 1 aliphatic heterocycles. The van der Waals surface area contributed by atoms with Gasteiger partial charge in [-0.2, -0.15) is 0 Å². The van der Waals surface area contributed by atoms with E-state index in [9.17, 15) is 0 Å². The van der Waals surface area contributed by atoms with Crippen molar-refractivity contribution in [2.75, 3.05) is 13.2 Å². The van der Waals surface area contributed by atoms with Gasteiger partial charge in [0.1, 0.15) is 5.76 Å². The predicted octanol–water partition coefficient (Wildman–Crippen LogP) is 4.41. The molecule has 1 N–H and O–H groups in total. The van der Waals surface area contributed by atoms with Gasteiger partial charge < -0.3 is 10.1 Å². The molecule has 1 aliphatic rings. The molecule has 0 bridgehead atoms. The van der Waals surface area contributed by atoms with Gasteiger partial charge in [-0.1, -0.05) is 35.0 Å². The summed E-state index contributed by atoms with van der Waals surface area (Å²) in [5, 5.41) is 3.53. The van der Waals surface area contributed by atoms with Gasteiger partial charge in [-0.05, 0) is 56.0 Å². The molecule has 0 radical (unpaired) electrons. The van der Waals surface area contributed by atoms with Gasteiger partial charge in [0.2, 0.25) is 0 Å². The molecule has 104 valence electrons. The van der Waals surface area contributed by atoms with E-state index in [1.165, 1.54) is 21.2 Å².